The van der Waals surface area contributed by atoms with Gasteiger partial charge in [0.2, 0.25) is 5.91 Å². The molecule has 1 aromatic rings. The molecule has 0 radical (unpaired) electrons. The molecule has 36 heavy (non-hydrogen) atoms. The van der Waals surface area contributed by atoms with Crippen LogP contribution in [0.3, 0.4) is 0 Å². The van der Waals surface area contributed by atoms with Crippen LogP contribution in [0.5, 0.6) is 0 Å². The molecule has 0 aromatic heterocycles. The summed E-state index contributed by atoms with van der Waals surface area (Å²) in [6.07, 6.45) is 6.14. The summed E-state index contributed by atoms with van der Waals surface area (Å²) in [6, 6.07) is 8.64. The predicted octanol–water partition coefficient (Wildman–Crippen LogP) is 2.27. The van der Waals surface area contributed by atoms with E-state index in [2.05, 4.69) is 55.9 Å². The Bertz CT molecular complexity index is 1010. The lowest BCUT2D eigenvalue weighted by atomic mass is 10.1. The number of nitrogens with one attached hydrogen (secondary N) is 2. The summed E-state index contributed by atoms with van der Waals surface area (Å²) >= 11 is 0. The van der Waals surface area contributed by atoms with E-state index in [0.717, 1.165) is 49.1 Å². The first-order valence-electron chi connectivity index (χ1n) is 12.8. The largest absolute Gasteiger partial charge is 0.378 e. The SMILES string of the molecule is CN=CC=NC1=C(NC[C@@H]2CN(C(=O)C(C)C)CCO2)NC(c2ccc(N3CCOCC3)cc2)=CC1. The lowest BCUT2D eigenvalue weighted by Crippen LogP contribution is -2.50. The molecule has 0 saturated carbocycles. The van der Waals surface area contributed by atoms with Crippen molar-refractivity contribution in [2.45, 2.75) is 26.4 Å². The maximum Gasteiger partial charge on any atom is 0.225 e. The quantitative estimate of drug-likeness (QED) is 0.539. The van der Waals surface area contributed by atoms with Gasteiger partial charge >= 0.3 is 0 Å². The fourth-order valence-electron chi connectivity index (χ4n) is 4.50. The molecule has 2 N–H and O–H groups in total. The number of rotatable bonds is 8. The minimum Gasteiger partial charge on any atom is -0.378 e. The first-order chi connectivity index (χ1) is 17.5. The Morgan fingerprint density at radius 2 is 1.94 bits per heavy atom. The Labute approximate surface area is 213 Å². The molecular weight excluding hydrogens is 456 g/mol. The number of carbonyl (C=O) groups excluding carboxylic acids is 1. The third kappa shape index (κ3) is 6.73. The average molecular weight is 495 g/mol. The first kappa shape index (κ1) is 25.9. The molecule has 4 rings (SSSR count). The summed E-state index contributed by atoms with van der Waals surface area (Å²) in [5, 5.41) is 7.04. The molecule has 0 bridgehead atoms. The smallest absolute Gasteiger partial charge is 0.225 e. The fraction of sp³-hybridized carbons (Fsp3) is 0.519. The molecule has 1 amide bonds. The monoisotopic (exact) mass is 494 g/mol. The topological polar surface area (TPSA) is 90.8 Å². The van der Waals surface area contributed by atoms with E-state index in [1.54, 1.807) is 19.5 Å². The zero-order valence-corrected chi connectivity index (χ0v) is 21.6. The van der Waals surface area contributed by atoms with Gasteiger partial charge in [0.25, 0.3) is 0 Å². The van der Waals surface area contributed by atoms with E-state index >= 15 is 0 Å². The second-order valence-corrected chi connectivity index (χ2v) is 9.41. The number of morpholine rings is 2. The second kappa shape index (κ2) is 12.7. The van der Waals surface area contributed by atoms with Crippen molar-refractivity contribution in [3.63, 3.8) is 0 Å². The van der Waals surface area contributed by atoms with Gasteiger partial charge in [0, 0.05) is 75.9 Å². The molecule has 2 saturated heterocycles. The summed E-state index contributed by atoms with van der Waals surface area (Å²) in [6.45, 7) is 9.62. The van der Waals surface area contributed by atoms with Gasteiger partial charge in [-0.1, -0.05) is 32.1 Å². The highest BCUT2D eigenvalue weighted by Gasteiger charge is 2.26. The van der Waals surface area contributed by atoms with E-state index in [4.69, 9.17) is 9.47 Å². The Morgan fingerprint density at radius 1 is 1.17 bits per heavy atom. The van der Waals surface area contributed by atoms with Crippen LogP contribution in [0.2, 0.25) is 0 Å². The summed E-state index contributed by atoms with van der Waals surface area (Å²) in [4.78, 5) is 25.3. The zero-order chi connectivity index (χ0) is 25.3. The number of hydrogen-bond acceptors (Lipinski definition) is 8. The Morgan fingerprint density at radius 3 is 2.67 bits per heavy atom. The van der Waals surface area contributed by atoms with Crippen molar-refractivity contribution in [3.05, 3.63) is 47.4 Å². The molecule has 3 heterocycles. The third-order valence-electron chi connectivity index (χ3n) is 6.50. The number of allylic oxidation sites excluding steroid dienone is 1. The van der Waals surface area contributed by atoms with Crippen molar-refractivity contribution in [2.24, 2.45) is 15.9 Å². The molecule has 0 spiro atoms. The Kier molecular flexibility index (Phi) is 9.13. The Balaban J connectivity index is 1.42. The lowest BCUT2D eigenvalue weighted by molar-refractivity contribution is -0.141. The van der Waals surface area contributed by atoms with Crippen molar-refractivity contribution in [2.75, 3.05) is 64.5 Å². The van der Waals surface area contributed by atoms with Crippen molar-refractivity contribution in [3.8, 4) is 0 Å². The summed E-state index contributed by atoms with van der Waals surface area (Å²) < 4.78 is 11.4. The van der Waals surface area contributed by atoms with Gasteiger partial charge < -0.3 is 29.9 Å². The highest BCUT2D eigenvalue weighted by atomic mass is 16.5. The summed E-state index contributed by atoms with van der Waals surface area (Å²) in [5.74, 6) is 1.01. The van der Waals surface area contributed by atoms with Crippen molar-refractivity contribution < 1.29 is 14.3 Å². The highest BCUT2D eigenvalue weighted by Crippen LogP contribution is 2.25. The van der Waals surface area contributed by atoms with Crippen LogP contribution < -0.4 is 15.5 Å². The van der Waals surface area contributed by atoms with E-state index in [1.165, 1.54) is 5.69 Å². The van der Waals surface area contributed by atoms with Gasteiger partial charge in [0.15, 0.2) is 0 Å². The summed E-state index contributed by atoms with van der Waals surface area (Å²) in [5.41, 5.74) is 4.27. The zero-order valence-electron chi connectivity index (χ0n) is 21.6. The number of anilines is 1. The normalized spacial score (nSPS) is 21.3. The number of ether oxygens (including phenoxy) is 2. The van der Waals surface area contributed by atoms with Gasteiger partial charge in [0.05, 0.1) is 31.6 Å². The van der Waals surface area contributed by atoms with Crippen molar-refractivity contribution in [1.82, 2.24) is 15.5 Å². The molecular formula is C27H38N6O3. The molecule has 1 aromatic carbocycles. The van der Waals surface area contributed by atoms with Crippen LogP contribution in [0.1, 0.15) is 25.8 Å². The van der Waals surface area contributed by atoms with E-state index in [9.17, 15) is 4.79 Å². The maximum atomic E-state index is 12.5. The van der Waals surface area contributed by atoms with Crippen LogP contribution in [0.25, 0.3) is 5.70 Å². The molecule has 0 aliphatic carbocycles. The first-order valence-corrected chi connectivity index (χ1v) is 12.8. The van der Waals surface area contributed by atoms with Crippen molar-refractivity contribution in [1.29, 1.82) is 0 Å². The second-order valence-electron chi connectivity index (χ2n) is 9.41. The molecule has 3 aliphatic rings. The standard InChI is InChI=1S/C27H38N6O3/c1-20(2)27(34)33-14-17-36-23(19-33)18-30-26-25(29-11-10-28-3)9-8-24(31-26)21-4-6-22(7-5-21)32-12-15-35-16-13-32/h4-8,10-11,20,23,30-31H,9,12-19H2,1-3H3/t23-/m1/s1. The lowest BCUT2D eigenvalue weighted by Gasteiger charge is -2.34. The van der Waals surface area contributed by atoms with E-state index in [0.29, 0.717) is 32.7 Å². The molecule has 3 aliphatic heterocycles. The molecule has 1 atom stereocenters. The summed E-state index contributed by atoms with van der Waals surface area (Å²) in [7, 11) is 1.72. The number of benzene rings is 1. The van der Waals surface area contributed by atoms with Crippen molar-refractivity contribution >= 4 is 29.7 Å². The third-order valence-corrected chi connectivity index (χ3v) is 6.50. The molecule has 9 heteroatoms. The van der Waals surface area contributed by atoms with Crippen LogP contribution in [-0.2, 0) is 14.3 Å². The number of aliphatic imine (C=N–C) groups is 2. The van der Waals surface area contributed by atoms with Gasteiger partial charge in [-0.2, -0.15) is 0 Å². The number of dihydropyridines is 1. The number of amides is 1. The minimum atomic E-state index is -0.0830. The van der Waals surface area contributed by atoms with Gasteiger partial charge in [0.1, 0.15) is 5.82 Å². The van der Waals surface area contributed by atoms with Crippen LogP contribution in [-0.4, -0.2) is 88.9 Å². The number of carbonyl (C=O) groups is 1. The fourth-order valence-corrected chi connectivity index (χ4v) is 4.50. The number of hydrogen-bond donors (Lipinski definition) is 2. The number of nitrogens with zero attached hydrogens (tertiary/aromatic N) is 4. The minimum absolute atomic E-state index is 0.0112. The molecule has 0 unspecified atom stereocenters. The van der Waals surface area contributed by atoms with E-state index in [1.807, 2.05) is 18.7 Å². The average Bonchev–Trinajstić information content (AvgIpc) is 2.92. The van der Waals surface area contributed by atoms with Gasteiger partial charge in [-0.25, -0.2) is 0 Å². The van der Waals surface area contributed by atoms with E-state index < -0.39 is 0 Å². The predicted molar refractivity (Wildman–Crippen MR) is 144 cm³/mol. The van der Waals surface area contributed by atoms with Crippen LogP contribution >= 0.6 is 0 Å². The Hall–Kier alpha value is -3.17. The molecule has 9 nitrogen and oxygen atoms in total. The van der Waals surface area contributed by atoms with Crippen LogP contribution in [0, 0.1) is 5.92 Å². The maximum absolute atomic E-state index is 12.5. The van der Waals surface area contributed by atoms with Gasteiger partial charge in [-0.15, -0.1) is 0 Å². The molecule has 2 fully saturated rings. The molecule has 194 valence electrons. The van der Waals surface area contributed by atoms with E-state index in [-0.39, 0.29) is 17.9 Å². The highest BCUT2D eigenvalue weighted by molar-refractivity contribution is 6.16. The van der Waals surface area contributed by atoms with Gasteiger partial charge in [-0.05, 0) is 17.7 Å². The van der Waals surface area contributed by atoms with Gasteiger partial charge in [-0.3, -0.25) is 14.8 Å². The van der Waals surface area contributed by atoms with Crippen LogP contribution in [0.4, 0.5) is 5.69 Å². The van der Waals surface area contributed by atoms with Crippen LogP contribution in [0.15, 0.2) is 51.8 Å².